The van der Waals surface area contributed by atoms with Gasteiger partial charge in [-0.05, 0) is 45.4 Å². The van der Waals surface area contributed by atoms with E-state index in [9.17, 15) is 9.59 Å². The van der Waals surface area contributed by atoms with Gasteiger partial charge in [-0.25, -0.2) is 19.1 Å². The number of ether oxygens (including phenoxy) is 2. The SMILES string of the molecule is COC(=O)c1ccc2c(C)cn(C(=O)OC(C)(C)C)c2n1. The minimum atomic E-state index is -0.610. The number of nitrogens with zero attached hydrogens (tertiary/aromatic N) is 2. The first kappa shape index (κ1) is 15.0. The summed E-state index contributed by atoms with van der Waals surface area (Å²) in [6.45, 7) is 7.23. The van der Waals surface area contributed by atoms with Crippen molar-refractivity contribution >= 4 is 23.1 Å². The van der Waals surface area contributed by atoms with Crippen LogP contribution >= 0.6 is 0 Å². The van der Waals surface area contributed by atoms with Gasteiger partial charge in [-0.2, -0.15) is 0 Å². The van der Waals surface area contributed by atoms with Gasteiger partial charge in [0.05, 0.1) is 7.11 Å². The lowest BCUT2D eigenvalue weighted by molar-refractivity contribution is 0.0539. The van der Waals surface area contributed by atoms with Gasteiger partial charge in [0, 0.05) is 11.6 Å². The second kappa shape index (κ2) is 5.20. The molecular formula is C15H18N2O4. The van der Waals surface area contributed by atoms with Crippen LogP contribution in [0.2, 0.25) is 0 Å². The molecule has 6 nitrogen and oxygen atoms in total. The van der Waals surface area contributed by atoms with E-state index in [0.717, 1.165) is 10.9 Å². The number of carbonyl (C=O) groups excluding carboxylic acids is 2. The maximum absolute atomic E-state index is 12.2. The van der Waals surface area contributed by atoms with Crippen molar-refractivity contribution in [2.24, 2.45) is 0 Å². The molecule has 0 radical (unpaired) electrons. The smallest absolute Gasteiger partial charge is 0.420 e. The van der Waals surface area contributed by atoms with E-state index in [0.29, 0.717) is 5.65 Å². The number of hydrogen-bond donors (Lipinski definition) is 0. The Bertz CT molecular complexity index is 710. The Morgan fingerprint density at radius 2 is 1.90 bits per heavy atom. The molecule has 0 fully saturated rings. The molecule has 6 heteroatoms. The van der Waals surface area contributed by atoms with E-state index in [1.165, 1.54) is 11.7 Å². The highest BCUT2D eigenvalue weighted by molar-refractivity contribution is 5.94. The van der Waals surface area contributed by atoms with Crippen molar-refractivity contribution < 1.29 is 19.1 Å². The first-order valence-corrected chi connectivity index (χ1v) is 6.53. The zero-order valence-corrected chi connectivity index (χ0v) is 12.8. The second-order valence-electron chi connectivity index (χ2n) is 5.72. The standard InChI is InChI=1S/C15H18N2O4/c1-9-8-17(14(19)21-15(2,3)4)12-10(9)6-7-11(16-12)13(18)20-5/h6-8H,1-5H3. The van der Waals surface area contributed by atoms with Crippen molar-refractivity contribution in [3.8, 4) is 0 Å². The maximum Gasteiger partial charge on any atom is 0.420 e. The maximum atomic E-state index is 12.2. The van der Waals surface area contributed by atoms with Crippen molar-refractivity contribution in [2.75, 3.05) is 7.11 Å². The molecule has 0 aliphatic rings. The summed E-state index contributed by atoms with van der Waals surface area (Å²) in [6.07, 6.45) is 1.11. The van der Waals surface area contributed by atoms with Crippen LogP contribution in [0.4, 0.5) is 4.79 Å². The predicted octanol–water partition coefficient (Wildman–Crippen LogP) is 2.91. The van der Waals surface area contributed by atoms with Crippen molar-refractivity contribution in [2.45, 2.75) is 33.3 Å². The molecule has 0 bridgehead atoms. The molecule has 21 heavy (non-hydrogen) atoms. The van der Waals surface area contributed by atoms with Gasteiger partial charge in [-0.1, -0.05) is 0 Å². The first-order valence-electron chi connectivity index (χ1n) is 6.53. The number of hydrogen-bond acceptors (Lipinski definition) is 5. The van der Waals surface area contributed by atoms with Crippen molar-refractivity contribution in [1.29, 1.82) is 0 Å². The molecule has 2 aromatic heterocycles. The molecule has 0 saturated carbocycles. The summed E-state index contributed by atoms with van der Waals surface area (Å²) >= 11 is 0. The van der Waals surface area contributed by atoms with Crippen LogP contribution in [0.3, 0.4) is 0 Å². The Labute approximate surface area is 122 Å². The van der Waals surface area contributed by atoms with E-state index in [1.807, 2.05) is 6.92 Å². The molecular weight excluding hydrogens is 272 g/mol. The number of fused-ring (bicyclic) bond motifs is 1. The van der Waals surface area contributed by atoms with E-state index in [1.54, 1.807) is 39.1 Å². The molecule has 0 aliphatic heterocycles. The zero-order chi connectivity index (χ0) is 15.8. The van der Waals surface area contributed by atoms with Crippen LogP contribution in [-0.2, 0) is 9.47 Å². The molecule has 2 aromatic rings. The predicted molar refractivity (Wildman–Crippen MR) is 77.4 cm³/mol. The Hall–Kier alpha value is -2.37. The van der Waals surface area contributed by atoms with Crippen LogP contribution in [0.15, 0.2) is 18.3 Å². The lowest BCUT2D eigenvalue weighted by atomic mass is 10.2. The zero-order valence-electron chi connectivity index (χ0n) is 12.8. The Morgan fingerprint density at radius 1 is 1.24 bits per heavy atom. The minimum Gasteiger partial charge on any atom is -0.464 e. The highest BCUT2D eigenvalue weighted by Crippen LogP contribution is 2.21. The number of aryl methyl sites for hydroxylation is 1. The van der Waals surface area contributed by atoms with E-state index in [2.05, 4.69) is 9.72 Å². The third-order valence-corrected chi connectivity index (χ3v) is 2.84. The van der Waals surface area contributed by atoms with Crippen molar-refractivity contribution in [1.82, 2.24) is 9.55 Å². The van der Waals surface area contributed by atoms with Gasteiger partial charge in [0.25, 0.3) is 0 Å². The molecule has 0 atom stereocenters. The number of carbonyl (C=O) groups is 2. The van der Waals surface area contributed by atoms with Gasteiger partial charge in [0.1, 0.15) is 5.60 Å². The van der Waals surface area contributed by atoms with E-state index in [-0.39, 0.29) is 5.69 Å². The van der Waals surface area contributed by atoms with Gasteiger partial charge < -0.3 is 9.47 Å². The van der Waals surface area contributed by atoms with Crippen molar-refractivity contribution in [3.63, 3.8) is 0 Å². The average molecular weight is 290 g/mol. The molecule has 112 valence electrons. The fourth-order valence-corrected chi connectivity index (χ4v) is 1.93. The molecule has 0 amide bonds. The van der Waals surface area contributed by atoms with Gasteiger partial charge in [0.2, 0.25) is 0 Å². The van der Waals surface area contributed by atoms with E-state index in [4.69, 9.17) is 4.74 Å². The normalized spacial score (nSPS) is 11.5. The van der Waals surface area contributed by atoms with E-state index >= 15 is 0 Å². The van der Waals surface area contributed by atoms with Gasteiger partial charge >= 0.3 is 12.1 Å². The molecule has 0 saturated heterocycles. The number of esters is 1. The molecule has 2 heterocycles. The van der Waals surface area contributed by atoms with Crippen LogP contribution in [0.1, 0.15) is 36.8 Å². The summed E-state index contributed by atoms with van der Waals surface area (Å²) in [6, 6.07) is 3.31. The summed E-state index contributed by atoms with van der Waals surface area (Å²) < 4.78 is 11.3. The Morgan fingerprint density at radius 3 is 2.48 bits per heavy atom. The fourth-order valence-electron chi connectivity index (χ4n) is 1.93. The largest absolute Gasteiger partial charge is 0.464 e. The topological polar surface area (TPSA) is 70.4 Å². The highest BCUT2D eigenvalue weighted by atomic mass is 16.6. The Balaban J connectivity index is 2.53. The number of pyridine rings is 1. The van der Waals surface area contributed by atoms with Crippen LogP contribution < -0.4 is 0 Å². The first-order chi connectivity index (χ1) is 9.73. The van der Waals surface area contributed by atoms with Crippen LogP contribution in [0, 0.1) is 6.92 Å². The molecule has 0 aliphatic carbocycles. The monoisotopic (exact) mass is 290 g/mol. The van der Waals surface area contributed by atoms with Crippen LogP contribution in [0.5, 0.6) is 0 Å². The fraction of sp³-hybridized carbons (Fsp3) is 0.400. The van der Waals surface area contributed by atoms with Crippen LogP contribution in [0.25, 0.3) is 11.0 Å². The number of aromatic nitrogens is 2. The number of rotatable bonds is 1. The highest BCUT2D eigenvalue weighted by Gasteiger charge is 2.21. The second-order valence-corrected chi connectivity index (χ2v) is 5.72. The van der Waals surface area contributed by atoms with Gasteiger partial charge in [-0.15, -0.1) is 0 Å². The number of methoxy groups -OCH3 is 1. The quantitative estimate of drug-likeness (QED) is 0.755. The molecule has 0 aromatic carbocycles. The molecule has 0 N–H and O–H groups in total. The van der Waals surface area contributed by atoms with Gasteiger partial charge in [-0.3, -0.25) is 0 Å². The average Bonchev–Trinajstić information content (AvgIpc) is 2.73. The summed E-state index contributed by atoms with van der Waals surface area (Å²) in [5.41, 5.74) is 0.791. The summed E-state index contributed by atoms with van der Waals surface area (Å²) in [7, 11) is 1.28. The van der Waals surface area contributed by atoms with Crippen molar-refractivity contribution in [3.05, 3.63) is 29.6 Å². The summed E-state index contributed by atoms with van der Waals surface area (Å²) in [5.74, 6) is -0.550. The molecule has 2 rings (SSSR count). The summed E-state index contributed by atoms with van der Waals surface area (Å²) in [5, 5.41) is 0.786. The summed E-state index contributed by atoms with van der Waals surface area (Å²) in [4.78, 5) is 28.0. The molecule has 0 spiro atoms. The third-order valence-electron chi connectivity index (χ3n) is 2.84. The van der Waals surface area contributed by atoms with Crippen LogP contribution in [-0.4, -0.2) is 34.3 Å². The van der Waals surface area contributed by atoms with E-state index < -0.39 is 17.7 Å². The minimum absolute atomic E-state index is 0.146. The lowest BCUT2D eigenvalue weighted by Gasteiger charge is -2.19. The lowest BCUT2D eigenvalue weighted by Crippen LogP contribution is -2.27. The molecule has 0 unspecified atom stereocenters. The third kappa shape index (κ3) is 3.04. The Kier molecular flexibility index (Phi) is 3.72. The van der Waals surface area contributed by atoms with Gasteiger partial charge in [0.15, 0.2) is 11.3 Å².